The third-order valence-electron chi connectivity index (χ3n) is 11.0. The molecule has 53 heavy (non-hydrogen) atoms. The van der Waals surface area contributed by atoms with Crippen LogP contribution in [0.1, 0.15) is 32.1 Å². The first kappa shape index (κ1) is 43.3. The van der Waals surface area contributed by atoms with Gasteiger partial charge < -0.3 is 108 Å². The molecule has 18 atom stereocenters. The van der Waals surface area contributed by atoms with E-state index in [4.69, 9.17) is 51.4 Å². The maximum absolute atomic E-state index is 11.7. The molecule has 0 aromatic rings. The van der Waals surface area contributed by atoms with E-state index in [0.717, 1.165) is 13.1 Å². The highest BCUT2D eigenvalue weighted by Crippen LogP contribution is 2.34. The fraction of sp³-hybridized carbons (Fsp3) is 1.00. The summed E-state index contributed by atoms with van der Waals surface area (Å²) in [5.41, 5.74) is 24.0. The number of hydrogen-bond acceptors (Lipinski definition) is 21. The topological polar surface area (TPSA) is 357 Å². The molecule has 21 heteroatoms. The molecule has 1 aliphatic carbocycles. The van der Waals surface area contributed by atoms with Gasteiger partial charge in [-0.2, -0.15) is 0 Å². The van der Waals surface area contributed by atoms with Gasteiger partial charge in [-0.1, -0.05) is 0 Å². The lowest BCUT2D eigenvalue weighted by molar-refractivity contribution is -0.290. The summed E-state index contributed by atoms with van der Waals surface area (Å²) in [6, 6.07) is -3.37. The first-order chi connectivity index (χ1) is 25.3. The van der Waals surface area contributed by atoms with Crippen LogP contribution >= 0.6 is 0 Å². The highest BCUT2D eigenvalue weighted by molar-refractivity contribution is 5.02. The predicted molar refractivity (Wildman–Crippen MR) is 183 cm³/mol. The van der Waals surface area contributed by atoms with E-state index in [1.807, 2.05) is 0 Å². The van der Waals surface area contributed by atoms with Crippen LogP contribution in [0.25, 0.3) is 0 Å². The predicted octanol–water partition coefficient (Wildman–Crippen LogP) is -8.11. The minimum Gasteiger partial charge on any atom is -0.394 e. The third-order valence-corrected chi connectivity index (χ3v) is 11.0. The van der Waals surface area contributed by atoms with Gasteiger partial charge in [0.15, 0.2) is 18.9 Å². The fourth-order valence-electron chi connectivity index (χ4n) is 7.68. The highest BCUT2D eigenvalue weighted by atomic mass is 16.8. The van der Waals surface area contributed by atoms with Gasteiger partial charge >= 0.3 is 0 Å². The zero-order valence-corrected chi connectivity index (χ0v) is 29.9. The van der Waals surface area contributed by atoms with Crippen molar-refractivity contribution in [3.8, 4) is 0 Å². The van der Waals surface area contributed by atoms with E-state index in [2.05, 4.69) is 16.0 Å². The van der Waals surface area contributed by atoms with Gasteiger partial charge in [-0.3, -0.25) is 0 Å². The molecule has 310 valence electrons. The molecule has 4 saturated heterocycles. The van der Waals surface area contributed by atoms with E-state index in [-0.39, 0.29) is 25.6 Å². The van der Waals surface area contributed by atoms with Crippen LogP contribution in [0.3, 0.4) is 0 Å². The maximum Gasteiger partial charge on any atom is 0.187 e. The molecule has 1 unspecified atom stereocenters. The van der Waals surface area contributed by atoms with Gasteiger partial charge in [0.05, 0.1) is 49.2 Å². The van der Waals surface area contributed by atoms with Crippen LogP contribution in [-0.4, -0.2) is 209 Å². The molecule has 0 aromatic carbocycles. The van der Waals surface area contributed by atoms with Gasteiger partial charge in [0.1, 0.15) is 48.8 Å². The Hall–Kier alpha value is -0.840. The molecule has 21 nitrogen and oxygen atoms in total. The van der Waals surface area contributed by atoms with Crippen LogP contribution in [0, 0.1) is 0 Å². The minimum absolute atomic E-state index is 0.0723. The third kappa shape index (κ3) is 10.6. The van der Waals surface area contributed by atoms with E-state index in [0.29, 0.717) is 38.8 Å². The van der Waals surface area contributed by atoms with Gasteiger partial charge in [-0.25, -0.2) is 0 Å². The van der Waals surface area contributed by atoms with Crippen molar-refractivity contribution in [2.75, 3.05) is 52.5 Å². The smallest absolute Gasteiger partial charge is 0.187 e. The molecule has 5 aliphatic rings. The van der Waals surface area contributed by atoms with E-state index in [9.17, 15) is 40.9 Å². The molecule has 0 amide bonds. The molecule has 5 rings (SSSR count). The SMILES string of the molecule is NC[C@@H]1O[C@H](O[C@H]2[C@@H](O)[C@H](O[C@@H]3[C@@H](O)[C@H](NCC(O)CO)C[C@H](N)[C@H]3O[C@H]3O[C@H](CNCC4(O)CCNCC4)CC[C@H]3N)O[C@@H]2CO)[C@H](N)[C@@H](O)[C@@H]1O. The average Bonchev–Trinajstić information content (AvgIpc) is 3.44. The van der Waals surface area contributed by atoms with Crippen molar-refractivity contribution in [3.05, 3.63) is 0 Å². The van der Waals surface area contributed by atoms with Gasteiger partial charge in [0.25, 0.3) is 0 Å². The van der Waals surface area contributed by atoms with E-state index < -0.39 is 123 Å². The molecule has 0 bridgehead atoms. The molecule has 0 radical (unpaired) electrons. The molecule has 5 fully saturated rings. The molecule has 19 N–H and O–H groups in total. The molecular weight excluding hydrogens is 706 g/mol. The van der Waals surface area contributed by atoms with Crippen LogP contribution in [0.5, 0.6) is 0 Å². The second kappa shape index (κ2) is 19.5. The molecule has 4 heterocycles. The van der Waals surface area contributed by atoms with Crippen molar-refractivity contribution in [2.24, 2.45) is 22.9 Å². The number of hydrogen-bond donors (Lipinski definition) is 15. The Morgan fingerprint density at radius 3 is 2.15 bits per heavy atom. The highest BCUT2D eigenvalue weighted by Gasteiger charge is 2.54. The Bertz CT molecular complexity index is 1100. The van der Waals surface area contributed by atoms with Crippen LogP contribution < -0.4 is 38.9 Å². The summed E-state index contributed by atoms with van der Waals surface area (Å²) in [5.74, 6) is 0. The van der Waals surface area contributed by atoms with Gasteiger partial charge in [0.2, 0.25) is 0 Å². The second-order valence-electron chi connectivity index (χ2n) is 15.1. The number of rotatable bonds is 16. The molecule has 1 saturated carbocycles. The average molecular weight is 770 g/mol. The summed E-state index contributed by atoms with van der Waals surface area (Å²) >= 11 is 0. The zero-order chi connectivity index (χ0) is 38.4. The van der Waals surface area contributed by atoms with Crippen LogP contribution in [-0.2, 0) is 28.4 Å². The van der Waals surface area contributed by atoms with Crippen molar-refractivity contribution in [3.63, 3.8) is 0 Å². The lowest BCUT2D eigenvalue weighted by Crippen LogP contribution is -2.66. The first-order valence-electron chi connectivity index (χ1n) is 18.7. The zero-order valence-electron chi connectivity index (χ0n) is 29.9. The van der Waals surface area contributed by atoms with Crippen LogP contribution in [0.2, 0.25) is 0 Å². The first-order valence-corrected chi connectivity index (χ1v) is 18.7. The fourth-order valence-corrected chi connectivity index (χ4v) is 7.68. The van der Waals surface area contributed by atoms with E-state index in [1.54, 1.807) is 0 Å². The van der Waals surface area contributed by atoms with Crippen molar-refractivity contribution < 1.29 is 69.3 Å². The number of piperidine rings is 1. The van der Waals surface area contributed by atoms with Crippen LogP contribution in [0.15, 0.2) is 0 Å². The summed E-state index contributed by atoms with van der Waals surface area (Å²) in [6.45, 7) is 0.923. The summed E-state index contributed by atoms with van der Waals surface area (Å²) < 4.78 is 36.4. The molecule has 0 spiro atoms. The van der Waals surface area contributed by atoms with E-state index in [1.165, 1.54) is 0 Å². The monoisotopic (exact) mass is 769 g/mol. The number of aliphatic hydroxyl groups excluding tert-OH is 7. The summed E-state index contributed by atoms with van der Waals surface area (Å²) in [6.07, 6.45) is -14.3. The minimum atomic E-state index is -1.60. The summed E-state index contributed by atoms with van der Waals surface area (Å²) in [4.78, 5) is 0. The van der Waals surface area contributed by atoms with Crippen LogP contribution in [0.4, 0.5) is 0 Å². The van der Waals surface area contributed by atoms with Crippen molar-refractivity contribution in [2.45, 2.75) is 148 Å². The van der Waals surface area contributed by atoms with E-state index >= 15 is 0 Å². The Morgan fingerprint density at radius 2 is 1.47 bits per heavy atom. The number of ether oxygens (including phenoxy) is 6. The largest absolute Gasteiger partial charge is 0.394 e. The second-order valence-corrected chi connectivity index (χ2v) is 15.1. The standard InChI is InChI=1S/C32H63N7O14/c33-8-19-23(44)24(45)21(36)30(49-19)52-27-20(12-41)50-31(25(27)46)53-28-22(43)18(39-9-14(42)11-40)7-17(35)26(28)51-29-16(34)2-1-15(48-29)10-38-13-32(47)3-5-37-6-4-32/h14-31,37-47H,1-13,33-36H2/t14?,15-,16+,17-,18+,19-,20+,21+,22-,23+,24+,25+,26+,27+,28+,29+,30+,31-/m0/s1. The normalized spacial score (nSPS) is 45.6. The van der Waals surface area contributed by atoms with Gasteiger partial charge in [-0.15, -0.1) is 0 Å². The quantitative estimate of drug-likeness (QED) is 0.0693. The maximum atomic E-state index is 11.7. The molecule has 0 aromatic heterocycles. The number of nitrogens with one attached hydrogen (secondary N) is 3. The van der Waals surface area contributed by atoms with Gasteiger partial charge in [0, 0.05) is 38.3 Å². The van der Waals surface area contributed by atoms with Gasteiger partial charge in [-0.05, 0) is 45.2 Å². The van der Waals surface area contributed by atoms with Crippen molar-refractivity contribution in [1.29, 1.82) is 0 Å². The Balaban J connectivity index is 1.28. The number of nitrogens with two attached hydrogens (primary N) is 4. The lowest BCUT2D eigenvalue weighted by atomic mass is 9.83. The Morgan fingerprint density at radius 1 is 0.792 bits per heavy atom. The molecule has 4 aliphatic heterocycles. The van der Waals surface area contributed by atoms with Crippen molar-refractivity contribution in [1.82, 2.24) is 16.0 Å². The Labute approximate surface area is 308 Å². The summed E-state index contributed by atoms with van der Waals surface area (Å²) in [5, 5.41) is 93.6. The lowest BCUT2D eigenvalue weighted by Gasteiger charge is -2.47. The number of aliphatic hydroxyl groups is 8. The molecular formula is C32H63N7O14. The van der Waals surface area contributed by atoms with Crippen molar-refractivity contribution >= 4 is 0 Å². The Kier molecular flexibility index (Phi) is 16.0. The summed E-state index contributed by atoms with van der Waals surface area (Å²) in [7, 11) is 0.